The lowest BCUT2D eigenvalue weighted by molar-refractivity contribution is 0.137. The summed E-state index contributed by atoms with van der Waals surface area (Å²) in [6, 6.07) is 6.94. The summed E-state index contributed by atoms with van der Waals surface area (Å²) in [5.41, 5.74) is 0.239. The Balaban J connectivity index is 1.68. The maximum absolute atomic E-state index is 12.9. The molecular weight excluding hydrogens is 358 g/mol. The van der Waals surface area contributed by atoms with Crippen LogP contribution in [0.5, 0.6) is 0 Å². The molecule has 4 heterocycles. The normalized spacial score (nSPS) is 11.6. The van der Waals surface area contributed by atoms with E-state index in [0.29, 0.717) is 16.0 Å². The average Bonchev–Trinajstić information content (AvgIpc) is 3.28. The molecule has 0 fully saturated rings. The van der Waals surface area contributed by atoms with Crippen LogP contribution in [0, 0.1) is 0 Å². The summed E-state index contributed by atoms with van der Waals surface area (Å²) in [7, 11) is 0. The number of hydrogen-bond acceptors (Lipinski definition) is 8. The molecule has 122 valence electrons. The molecule has 8 nitrogen and oxygen atoms in total. The summed E-state index contributed by atoms with van der Waals surface area (Å²) in [4.78, 5) is 0.874. The quantitative estimate of drug-likeness (QED) is 0.553. The second kappa shape index (κ2) is 5.79. The predicted molar refractivity (Wildman–Crippen MR) is 83.3 cm³/mol. The maximum atomic E-state index is 12.9. The second-order valence-electron chi connectivity index (χ2n) is 4.56. The molecule has 0 aliphatic rings. The van der Waals surface area contributed by atoms with Crippen LogP contribution in [0.3, 0.4) is 0 Å². The fraction of sp³-hybridized carbons (Fsp3) is 0.0833. The minimum atomic E-state index is -2.77. The first-order chi connectivity index (χ1) is 11.6. The van der Waals surface area contributed by atoms with Gasteiger partial charge in [0.05, 0.1) is 4.88 Å². The van der Waals surface area contributed by atoms with E-state index in [-0.39, 0.29) is 5.65 Å². The summed E-state index contributed by atoms with van der Waals surface area (Å²) < 4.78 is 28.1. The van der Waals surface area contributed by atoms with Gasteiger partial charge in [-0.1, -0.05) is 6.07 Å². The first kappa shape index (κ1) is 15.0. The van der Waals surface area contributed by atoms with Crippen molar-refractivity contribution < 1.29 is 8.78 Å². The third-order valence-corrected chi connectivity index (χ3v) is 4.81. The zero-order valence-electron chi connectivity index (χ0n) is 11.7. The van der Waals surface area contributed by atoms with E-state index in [9.17, 15) is 8.78 Å². The molecule has 0 radical (unpaired) electrons. The van der Waals surface area contributed by atoms with E-state index in [0.717, 1.165) is 21.2 Å². The number of nitrogens with zero attached hydrogens (tertiary/aromatic N) is 7. The Bertz CT molecular complexity index is 994. The third-order valence-electron chi connectivity index (χ3n) is 3.06. The van der Waals surface area contributed by atoms with Crippen molar-refractivity contribution in [2.24, 2.45) is 0 Å². The summed E-state index contributed by atoms with van der Waals surface area (Å²) in [5, 5.41) is 22.0. The zero-order chi connectivity index (χ0) is 16.7. The molecule has 0 atom stereocenters. The van der Waals surface area contributed by atoms with Crippen LogP contribution in [0.4, 0.5) is 8.78 Å². The van der Waals surface area contributed by atoms with Gasteiger partial charge in [0.15, 0.2) is 11.5 Å². The number of halogens is 2. The Labute approximate surface area is 141 Å². The summed E-state index contributed by atoms with van der Waals surface area (Å²) in [5.74, 6) is 6.02. The predicted octanol–water partition coefficient (Wildman–Crippen LogP) is 2.25. The van der Waals surface area contributed by atoms with Crippen molar-refractivity contribution >= 4 is 28.7 Å². The number of aromatic nitrogens is 7. The lowest BCUT2D eigenvalue weighted by Crippen LogP contribution is -2.11. The van der Waals surface area contributed by atoms with E-state index in [1.807, 2.05) is 17.5 Å². The fourth-order valence-corrected chi connectivity index (χ4v) is 3.41. The highest BCUT2D eigenvalue weighted by molar-refractivity contribution is 7.99. The summed E-state index contributed by atoms with van der Waals surface area (Å²) in [6.45, 7) is 0. The van der Waals surface area contributed by atoms with E-state index < -0.39 is 12.2 Å². The molecule has 24 heavy (non-hydrogen) atoms. The molecular formula is C12H8F2N8S2. The first-order valence-electron chi connectivity index (χ1n) is 6.56. The van der Waals surface area contributed by atoms with Crippen LogP contribution in [0.15, 0.2) is 39.8 Å². The average molecular weight is 366 g/mol. The van der Waals surface area contributed by atoms with E-state index in [1.165, 1.54) is 16.0 Å². The van der Waals surface area contributed by atoms with Gasteiger partial charge in [-0.15, -0.1) is 31.7 Å². The van der Waals surface area contributed by atoms with Crippen LogP contribution in [0.25, 0.3) is 16.3 Å². The maximum Gasteiger partial charge on any atom is 0.299 e. The van der Waals surface area contributed by atoms with Crippen molar-refractivity contribution in [3.05, 3.63) is 35.5 Å². The molecule has 2 N–H and O–H groups in total. The lowest BCUT2D eigenvalue weighted by Gasteiger charge is -2.03. The van der Waals surface area contributed by atoms with Crippen molar-refractivity contribution in [2.45, 2.75) is 16.6 Å². The third kappa shape index (κ3) is 2.49. The van der Waals surface area contributed by atoms with Crippen molar-refractivity contribution in [3.63, 3.8) is 0 Å². The number of alkyl halides is 2. The van der Waals surface area contributed by atoms with Gasteiger partial charge in [-0.3, -0.25) is 0 Å². The van der Waals surface area contributed by atoms with Crippen LogP contribution < -0.4 is 5.84 Å². The Kier molecular flexibility index (Phi) is 3.61. The molecule has 12 heteroatoms. The lowest BCUT2D eigenvalue weighted by atomic mass is 10.4. The Morgan fingerprint density at radius 1 is 1.12 bits per heavy atom. The van der Waals surface area contributed by atoms with E-state index >= 15 is 0 Å². The van der Waals surface area contributed by atoms with Crippen LogP contribution in [0.2, 0.25) is 0 Å². The standard InChI is InChI=1S/C12H8F2N8S2/c13-9(14)11-18-16-7-3-4-8(20-22(7)11)24-12-19-17-10(21(12)15)6-2-1-5-23-6/h1-5,9H,15H2. The van der Waals surface area contributed by atoms with Gasteiger partial charge in [-0.2, -0.15) is 9.61 Å². The fourth-order valence-electron chi connectivity index (χ4n) is 1.99. The number of fused-ring (bicyclic) bond motifs is 1. The number of hydrogen-bond donors (Lipinski definition) is 1. The number of nitrogens with two attached hydrogens (primary N) is 1. The highest BCUT2D eigenvalue weighted by Crippen LogP contribution is 2.29. The van der Waals surface area contributed by atoms with E-state index in [4.69, 9.17) is 5.84 Å². The van der Waals surface area contributed by atoms with Gasteiger partial charge in [-0.25, -0.2) is 13.5 Å². The monoisotopic (exact) mass is 366 g/mol. The van der Waals surface area contributed by atoms with Gasteiger partial charge < -0.3 is 5.84 Å². The molecule has 0 unspecified atom stereocenters. The van der Waals surface area contributed by atoms with Gasteiger partial charge in [0.1, 0.15) is 5.03 Å². The minimum absolute atomic E-state index is 0.239. The van der Waals surface area contributed by atoms with Gasteiger partial charge >= 0.3 is 0 Å². The molecule has 0 bridgehead atoms. The van der Waals surface area contributed by atoms with Gasteiger partial charge in [0.2, 0.25) is 11.0 Å². The molecule has 4 rings (SSSR count). The minimum Gasteiger partial charge on any atom is -0.335 e. The zero-order valence-corrected chi connectivity index (χ0v) is 13.4. The molecule has 0 aliphatic heterocycles. The first-order valence-corrected chi connectivity index (χ1v) is 8.26. The van der Waals surface area contributed by atoms with Crippen LogP contribution in [-0.4, -0.2) is 34.7 Å². The second-order valence-corrected chi connectivity index (χ2v) is 6.49. The summed E-state index contributed by atoms with van der Waals surface area (Å²) in [6.07, 6.45) is -2.77. The topological polar surface area (TPSA) is 99.8 Å². The Hall–Kier alpha value is -2.60. The molecule has 4 aromatic rings. The molecule has 0 saturated carbocycles. The van der Waals surface area contributed by atoms with Crippen LogP contribution in [-0.2, 0) is 0 Å². The van der Waals surface area contributed by atoms with Gasteiger partial charge in [0.25, 0.3) is 6.43 Å². The van der Waals surface area contributed by atoms with Crippen LogP contribution in [0.1, 0.15) is 12.2 Å². The van der Waals surface area contributed by atoms with Crippen molar-refractivity contribution in [3.8, 4) is 10.7 Å². The van der Waals surface area contributed by atoms with Crippen molar-refractivity contribution in [2.75, 3.05) is 5.84 Å². The van der Waals surface area contributed by atoms with Crippen molar-refractivity contribution in [1.29, 1.82) is 0 Å². The largest absolute Gasteiger partial charge is 0.335 e. The van der Waals surface area contributed by atoms with Gasteiger partial charge in [-0.05, 0) is 35.3 Å². The van der Waals surface area contributed by atoms with Crippen LogP contribution >= 0.6 is 23.1 Å². The SMILES string of the molecule is Nn1c(Sc2ccc3nnc(C(F)F)n3n2)nnc1-c1cccs1. The smallest absolute Gasteiger partial charge is 0.299 e. The Morgan fingerprint density at radius 2 is 2.00 bits per heavy atom. The number of rotatable bonds is 4. The van der Waals surface area contributed by atoms with E-state index in [2.05, 4.69) is 25.5 Å². The highest BCUT2D eigenvalue weighted by atomic mass is 32.2. The molecule has 0 amide bonds. The molecule has 0 saturated heterocycles. The Morgan fingerprint density at radius 3 is 2.75 bits per heavy atom. The van der Waals surface area contributed by atoms with Crippen molar-refractivity contribution in [1.82, 2.24) is 34.7 Å². The number of nitrogen functional groups attached to an aromatic ring is 1. The highest BCUT2D eigenvalue weighted by Gasteiger charge is 2.18. The molecule has 4 aromatic heterocycles. The molecule has 0 aromatic carbocycles. The molecule has 0 spiro atoms. The van der Waals surface area contributed by atoms with E-state index in [1.54, 1.807) is 12.1 Å². The summed E-state index contributed by atoms with van der Waals surface area (Å²) >= 11 is 2.59. The molecule has 0 aliphatic carbocycles. The van der Waals surface area contributed by atoms with Gasteiger partial charge in [0, 0.05) is 0 Å². The number of thiophene rings is 1.